The van der Waals surface area contributed by atoms with Crippen LogP contribution >= 0.6 is 22.6 Å². The summed E-state index contributed by atoms with van der Waals surface area (Å²) in [6.45, 7) is 0. The van der Waals surface area contributed by atoms with Gasteiger partial charge in [-0.1, -0.05) is 0 Å². The molecule has 0 aliphatic rings. The van der Waals surface area contributed by atoms with E-state index in [0.717, 1.165) is 15.9 Å². The highest BCUT2D eigenvalue weighted by atomic mass is 127. The number of nitro benzene ring substituents is 2. The Morgan fingerprint density at radius 3 is 2.33 bits per heavy atom. The van der Waals surface area contributed by atoms with Crippen molar-refractivity contribution in [3.05, 3.63) is 65.8 Å². The van der Waals surface area contributed by atoms with E-state index in [9.17, 15) is 25.3 Å². The number of phenols is 1. The van der Waals surface area contributed by atoms with E-state index in [1.54, 1.807) is 0 Å². The molecule has 2 heterocycles. The maximum Gasteiger partial charge on any atom is 0.318 e. The number of nitro groups is 2. The molecule has 0 aliphatic heterocycles. The SMILES string of the molecule is O=[N+]([O-])c1cc(/C=N/Nc2nc3nonc3nc2Nc2ccc(I)cc2)c(O)c([N+](=O)[O-])c1. The predicted molar refractivity (Wildman–Crippen MR) is 122 cm³/mol. The fraction of sp³-hybridized carbons (Fsp3) is 0. The number of benzene rings is 2. The molecule has 3 N–H and O–H groups in total. The van der Waals surface area contributed by atoms with E-state index in [1.165, 1.54) is 0 Å². The number of rotatable bonds is 7. The molecular formula is C17H10IN9O6. The highest BCUT2D eigenvalue weighted by Gasteiger charge is 2.23. The van der Waals surface area contributed by atoms with Crippen LogP contribution in [-0.4, -0.2) is 41.4 Å². The molecule has 0 spiro atoms. The first-order chi connectivity index (χ1) is 15.8. The number of halogens is 1. The molecule has 0 amide bonds. The zero-order valence-electron chi connectivity index (χ0n) is 16.0. The van der Waals surface area contributed by atoms with Crippen LogP contribution in [0.15, 0.2) is 46.1 Å². The molecule has 0 saturated heterocycles. The van der Waals surface area contributed by atoms with Gasteiger partial charge in [0.2, 0.25) is 17.0 Å². The van der Waals surface area contributed by atoms with E-state index in [-0.39, 0.29) is 28.5 Å². The van der Waals surface area contributed by atoms with Crippen LogP contribution in [0.4, 0.5) is 28.7 Å². The van der Waals surface area contributed by atoms with E-state index in [0.29, 0.717) is 11.8 Å². The molecule has 15 nitrogen and oxygen atoms in total. The molecule has 4 aromatic rings. The molecular weight excluding hydrogens is 553 g/mol. The van der Waals surface area contributed by atoms with Gasteiger partial charge in [0.25, 0.3) is 5.69 Å². The minimum atomic E-state index is -0.937. The lowest BCUT2D eigenvalue weighted by Crippen LogP contribution is -2.03. The van der Waals surface area contributed by atoms with Crippen LogP contribution in [-0.2, 0) is 0 Å². The Balaban J connectivity index is 1.67. The summed E-state index contributed by atoms with van der Waals surface area (Å²) in [4.78, 5) is 28.9. The summed E-state index contributed by atoms with van der Waals surface area (Å²) in [5.74, 6) is -0.506. The van der Waals surface area contributed by atoms with Gasteiger partial charge in [-0.15, -0.1) is 0 Å². The molecule has 0 saturated carbocycles. The Kier molecular flexibility index (Phi) is 5.89. The van der Waals surface area contributed by atoms with Crippen molar-refractivity contribution >= 4 is 68.8 Å². The molecule has 0 atom stereocenters. The summed E-state index contributed by atoms with van der Waals surface area (Å²) < 4.78 is 5.64. The Morgan fingerprint density at radius 1 is 1.03 bits per heavy atom. The largest absolute Gasteiger partial charge is 0.502 e. The number of non-ortho nitro benzene ring substituents is 1. The van der Waals surface area contributed by atoms with Gasteiger partial charge in [-0.2, -0.15) is 10.1 Å². The Bertz CT molecular complexity index is 1410. The first kappa shape index (κ1) is 21.7. The Labute approximate surface area is 195 Å². The third-order valence-electron chi connectivity index (χ3n) is 4.11. The monoisotopic (exact) mass is 563 g/mol. The maximum atomic E-state index is 11.1. The van der Waals surface area contributed by atoms with Crippen LogP contribution in [0, 0.1) is 23.8 Å². The summed E-state index contributed by atoms with van der Waals surface area (Å²) in [6.07, 6.45) is 0.969. The van der Waals surface area contributed by atoms with Crippen LogP contribution in [0.25, 0.3) is 11.3 Å². The fourth-order valence-electron chi connectivity index (χ4n) is 2.60. The lowest BCUT2D eigenvalue weighted by molar-refractivity contribution is -0.394. The van der Waals surface area contributed by atoms with Crippen molar-refractivity contribution in [1.82, 2.24) is 20.3 Å². The van der Waals surface area contributed by atoms with Gasteiger partial charge < -0.3 is 10.4 Å². The number of hydrogen-bond acceptors (Lipinski definition) is 13. The topological polar surface area (TPSA) is 208 Å². The molecule has 16 heteroatoms. The van der Waals surface area contributed by atoms with Crippen LogP contribution in [0.1, 0.15) is 5.56 Å². The number of nitrogens with one attached hydrogen (secondary N) is 2. The minimum absolute atomic E-state index is 0.0763. The molecule has 166 valence electrons. The van der Waals surface area contributed by atoms with Crippen molar-refractivity contribution in [3.63, 3.8) is 0 Å². The van der Waals surface area contributed by atoms with E-state index in [2.05, 4.69) is 63.3 Å². The van der Waals surface area contributed by atoms with Gasteiger partial charge >= 0.3 is 5.69 Å². The zero-order chi connectivity index (χ0) is 23.5. The van der Waals surface area contributed by atoms with Gasteiger partial charge in [0.05, 0.1) is 27.7 Å². The van der Waals surface area contributed by atoms with E-state index in [1.807, 2.05) is 24.3 Å². The number of fused-ring (bicyclic) bond motifs is 1. The van der Waals surface area contributed by atoms with Gasteiger partial charge in [0.1, 0.15) is 0 Å². The second kappa shape index (κ2) is 8.94. The maximum absolute atomic E-state index is 11.1. The minimum Gasteiger partial charge on any atom is -0.502 e. The van der Waals surface area contributed by atoms with E-state index < -0.39 is 27.0 Å². The van der Waals surface area contributed by atoms with Crippen molar-refractivity contribution < 1.29 is 19.6 Å². The molecule has 0 unspecified atom stereocenters. The number of aromatic nitrogens is 4. The lowest BCUT2D eigenvalue weighted by atomic mass is 10.1. The molecule has 33 heavy (non-hydrogen) atoms. The highest BCUT2D eigenvalue weighted by Crippen LogP contribution is 2.33. The summed E-state index contributed by atoms with van der Waals surface area (Å²) in [5.41, 5.74) is 1.78. The van der Waals surface area contributed by atoms with Gasteiger partial charge in [0, 0.05) is 15.3 Å². The third kappa shape index (κ3) is 4.74. The quantitative estimate of drug-likeness (QED) is 0.128. The first-order valence-corrected chi connectivity index (χ1v) is 9.87. The summed E-state index contributed by atoms with van der Waals surface area (Å²) >= 11 is 2.16. The second-order valence-electron chi connectivity index (χ2n) is 6.25. The zero-order valence-corrected chi connectivity index (χ0v) is 18.2. The normalized spacial score (nSPS) is 11.1. The number of aromatic hydroxyl groups is 1. The van der Waals surface area contributed by atoms with Crippen molar-refractivity contribution in [1.29, 1.82) is 0 Å². The molecule has 2 aromatic carbocycles. The standard InChI is InChI=1S/C17H10IN9O6/c18-9-1-3-10(4-2-9)20-14-15(22-17-16(21-14)24-33-25-17)23-19-7-8-5-11(26(29)30)6-12(13(8)28)27(31)32/h1-7,28H,(H,20,21,24)(H,22,23,25)/b19-7+. The van der Waals surface area contributed by atoms with Crippen LogP contribution in [0.3, 0.4) is 0 Å². The Morgan fingerprint density at radius 2 is 1.70 bits per heavy atom. The van der Waals surface area contributed by atoms with Gasteiger partial charge in [-0.3, -0.25) is 25.7 Å². The molecule has 4 rings (SSSR count). The van der Waals surface area contributed by atoms with Crippen molar-refractivity contribution in [3.8, 4) is 5.75 Å². The molecule has 0 radical (unpaired) electrons. The molecule has 0 bridgehead atoms. The van der Waals surface area contributed by atoms with Crippen molar-refractivity contribution in [2.45, 2.75) is 0 Å². The average molecular weight is 563 g/mol. The predicted octanol–water partition coefficient (Wildman–Crippen LogP) is 3.33. The summed E-state index contributed by atoms with van der Waals surface area (Å²) in [6, 6.07) is 8.95. The van der Waals surface area contributed by atoms with Crippen LogP contribution in [0.5, 0.6) is 5.75 Å². The highest BCUT2D eigenvalue weighted by molar-refractivity contribution is 14.1. The van der Waals surface area contributed by atoms with Crippen molar-refractivity contribution in [2.75, 3.05) is 10.7 Å². The average Bonchev–Trinajstić information content (AvgIpc) is 3.23. The van der Waals surface area contributed by atoms with Gasteiger partial charge in [-0.25, -0.2) is 9.61 Å². The number of hydrazone groups is 1. The number of hydrogen-bond donors (Lipinski definition) is 3. The number of anilines is 3. The molecule has 0 aliphatic carbocycles. The van der Waals surface area contributed by atoms with E-state index >= 15 is 0 Å². The lowest BCUT2D eigenvalue weighted by Gasteiger charge is -2.09. The number of phenolic OH excluding ortho intramolecular Hbond substituents is 1. The van der Waals surface area contributed by atoms with Crippen LogP contribution in [0.2, 0.25) is 0 Å². The molecule has 2 aromatic heterocycles. The second-order valence-corrected chi connectivity index (χ2v) is 7.50. The van der Waals surface area contributed by atoms with Gasteiger partial charge in [0.15, 0.2) is 11.6 Å². The smallest absolute Gasteiger partial charge is 0.318 e. The summed E-state index contributed by atoms with van der Waals surface area (Å²) in [5, 5.41) is 46.4. The van der Waals surface area contributed by atoms with Gasteiger partial charge in [-0.05, 0) is 57.2 Å². The fourth-order valence-corrected chi connectivity index (χ4v) is 2.96. The van der Waals surface area contributed by atoms with Crippen molar-refractivity contribution in [2.24, 2.45) is 5.10 Å². The molecule has 0 fully saturated rings. The Hall–Kier alpha value is -4.48. The summed E-state index contributed by atoms with van der Waals surface area (Å²) in [7, 11) is 0. The van der Waals surface area contributed by atoms with E-state index in [4.69, 9.17) is 0 Å². The van der Waals surface area contributed by atoms with Crippen LogP contribution < -0.4 is 10.7 Å². The number of nitrogens with zero attached hydrogens (tertiary/aromatic N) is 7. The third-order valence-corrected chi connectivity index (χ3v) is 4.83. The first-order valence-electron chi connectivity index (χ1n) is 8.79.